The molecule has 27 heavy (non-hydrogen) atoms. The third-order valence-corrected chi connectivity index (χ3v) is 4.21. The number of aromatic nitrogens is 1. The summed E-state index contributed by atoms with van der Waals surface area (Å²) in [5.41, 5.74) is -6.36. The van der Waals surface area contributed by atoms with Crippen molar-refractivity contribution < 1.29 is 36.9 Å². The average molecular weight is 394 g/mol. The third kappa shape index (κ3) is 4.49. The Balaban J connectivity index is 2.53. The number of hydrogen-bond acceptors (Lipinski definition) is 5. The van der Waals surface area contributed by atoms with Gasteiger partial charge in [0.05, 0.1) is 12.2 Å². The Kier molecular flexibility index (Phi) is 5.46. The maximum absolute atomic E-state index is 14.6. The lowest BCUT2D eigenvalue weighted by Gasteiger charge is -2.48. The van der Waals surface area contributed by atoms with Gasteiger partial charge in [-0.25, -0.2) is 9.18 Å². The van der Waals surface area contributed by atoms with E-state index in [1.165, 1.54) is 6.92 Å². The number of nitrogens with zero attached hydrogens (tertiary/aromatic N) is 1. The van der Waals surface area contributed by atoms with Crippen LogP contribution in [0.4, 0.5) is 22.4 Å². The van der Waals surface area contributed by atoms with Gasteiger partial charge in [0.1, 0.15) is 28.3 Å². The highest BCUT2D eigenvalue weighted by molar-refractivity contribution is 5.69. The van der Waals surface area contributed by atoms with Gasteiger partial charge in [0, 0.05) is 19.2 Å². The second-order valence-corrected chi connectivity index (χ2v) is 7.66. The fourth-order valence-electron chi connectivity index (χ4n) is 2.90. The smallest absolute Gasteiger partial charge is 0.417 e. The number of pyridine rings is 1. The number of ether oxygens (including phenoxy) is 2. The number of alkyl carbamates (subject to hydrolysis) is 1. The van der Waals surface area contributed by atoms with Crippen molar-refractivity contribution in [3.63, 3.8) is 0 Å². The van der Waals surface area contributed by atoms with E-state index in [9.17, 15) is 27.5 Å². The van der Waals surface area contributed by atoms with Crippen LogP contribution in [0.5, 0.6) is 0 Å². The Labute approximate surface area is 153 Å². The molecule has 2 N–H and O–H groups in total. The molecule has 152 valence electrons. The van der Waals surface area contributed by atoms with Crippen LogP contribution >= 0.6 is 0 Å². The fourth-order valence-corrected chi connectivity index (χ4v) is 2.90. The van der Waals surface area contributed by atoms with Crippen molar-refractivity contribution in [2.75, 3.05) is 13.2 Å². The van der Waals surface area contributed by atoms with Crippen molar-refractivity contribution in [3.8, 4) is 0 Å². The summed E-state index contributed by atoms with van der Waals surface area (Å²) in [6, 6.07) is 0.284. The lowest BCUT2D eigenvalue weighted by molar-refractivity contribution is -0.144. The van der Waals surface area contributed by atoms with Gasteiger partial charge in [0.25, 0.3) is 0 Å². The van der Waals surface area contributed by atoms with Gasteiger partial charge in [-0.15, -0.1) is 0 Å². The normalized spacial score (nSPS) is 26.6. The summed E-state index contributed by atoms with van der Waals surface area (Å²) in [5.74, 6) is -1.30. The minimum Gasteiger partial charge on any atom is -0.444 e. The Hall–Kier alpha value is -1.94. The van der Waals surface area contributed by atoms with Crippen LogP contribution in [-0.4, -0.2) is 40.6 Å². The lowest BCUT2D eigenvalue weighted by Crippen LogP contribution is -2.66. The van der Waals surface area contributed by atoms with E-state index in [1.807, 2.05) is 0 Å². The van der Waals surface area contributed by atoms with Gasteiger partial charge >= 0.3 is 12.3 Å². The second kappa shape index (κ2) is 6.90. The van der Waals surface area contributed by atoms with Gasteiger partial charge in [-0.2, -0.15) is 13.2 Å². The molecule has 1 saturated heterocycles. The maximum atomic E-state index is 14.6. The van der Waals surface area contributed by atoms with Gasteiger partial charge in [-0.05, 0) is 33.8 Å². The van der Waals surface area contributed by atoms with Crippen molar-refractivity contribution >= 4 is 6.09 Å². The van der Waals surface area contributed by atoms with Crippen LogP contribution in [0.2, 0.25) is 0 Å². The molecule has 1 aliphatic heterocycles. The van der Waals surface area contributed by atoms with Crippen molar-refractivity contribution in [1.29, 1.82) is 0 Å². The number of halogens is 4. The number of nitrogens with one attached hydrogen (secondary N) is 1. The zero-order valence-electron chi connectivity index (χ0n) is 15.4. The molecule has 6 nitrogen and oxygen atoms in total. The number of carbonyl (C=O) groups is 1. The van der Waals surface area contributed by atoms with E-state index in [0.29, 0.717) is 6.20 Å². The second-order valence-electron chi connectivity index (χ2n) is 7.66. The van der Waals surface area contributed by atoms with Crippen molar-refractivity contribution in [3.05, 3.63) is 29.3 Å². The molecular formula is C17H22F4N2O4. The average Bonchev–Trinajstić information content (AvgIpc) is 2.46. The maximum Gasteiger partial charge on any atom is 0.417 e. The predicted octanol–water partition coefficient (Wildman–Crippen LogP) is 3.13. The Morgan fingerprint density at radius 3 is 2.48 bits per heavy atom. The molecule has 1 aliphatic rings. The number of carbonyl (C=O) groups excluding carboxylic acids is 1. The first-order chi connectivity index (χ1) is 12.2. The number of alkyl halides is 3. The SMILES string of the molecule is CC(C)(C)OC(=O)N[C@@]1(c2ncc(C(F)(F)F)cc2F)CCOC[C@]1(C)O. The molecule has 1 amide bonds. The minimum absolute atomic E-state index is 0.0219. The molecule has 1 aromatic heterocycles. The van der Waals surface area contributed by atoms with Crippen molar-refractivity contribution in [1.82, 2.24) is 10.3 Å². The molecule has 0 aromatic carbocycles. The fraction of sp³-hybridized carbons (Fsp3) is 0.647. The zero-order valence-corrected chi connectivity index (χ0v) is 15.4. The monoisotopic (exact) mass is 394 g/mol. The topological polar surface area (TPSA) is 80.7 Å². The van der Waals surface area contributed by atoms with Gasteiger partial charge in [-0.3, -0.25) is 4.98 Å². The van der Waals surface area contributed by atoms with E-state index in [-0.39, 0.29) is 25.7 Å². The molecule has 0 saturated carbocycles. The third-order valence-electron chi connectivity index (χ3n) is 4.21. The van der Waals surface area contributed by atoms with Gasteiger partial charge < -0.3 is 19.9 Å². The highest BCUT2D eigenvalue weighted by Gasteiger charge is 2.55. The standard InChI is InChI=1S/C17H22F4N2O4/c1-14(2,3)27-13(24)23-16(5-6-26-9-15(16,4)25)12-11(18)7-10(8-22-12)17(19,20)21/h7-8,25H,5-6,9H2,1-4H3,(H,23,24)/t15-,16+/m0/s1. The first-order valence-electron chi connectivity index (χ1n) is 8.22. The molecule has 0 radical (unpaired) electrons. The minimum atomic E-state index is -4.78. The molecule has 0 aliphatic carbocycles. The first kappa shape index (κ1) is 21.4. The molecule has 1 aromatic rings. The molecule has 0 bridgehead atoms. The van der Waals surface area contributed by atoms with Crippen LogP contribution < -0.4 is 5.32 Å². The predicted molar refractivity (Wildman–Crippen MR) is 86.3 cm³/mol. The van der Waals surface area contributed by atoms with E-state index in [0.717, 1.165) is 0 Å². The highest BCUT2D eigenvalue weighted by Crippen LogP contribution is 2.41. The Bertz CT molecular complexity index is 716. The molecule has 2 rings (SSSR count). The number of hydrogen-bond donors (Lipinski definition) is 2. The molecule has 0 unspecified atom stereocenters. The van der Waals surface area contributed by atoms with Crippen molar-refractivity contribution in [2.45, 2.75) is 57.0 Å². The summed E-state index contributed by atoms with van der Waals surface area (Å²) in [6.07, 6.45) is -5.40. The van der Waals surface area contributed by atoms with Crippen LogP contribution in [0.1, 0.15) is 45.4 Å². The van der Waals surface area contributed by atoms with E-state index in [2.05, 4.69) is 10.3 Å². The van der Waals surface area contributed by atoms with Crippen molar-refractivity contribution in [2.24, 2.45) is 0 Å². The molecule has 0 spiro atoms. The van der Waals surface area contributed by atoms with Crippen LogP contribution in [0.3, 0.4) is 0 Å². The van der Waals surface area contributed by atoms with Crippen LogP contribution in [0.15, 0.2) is 12.3 Å². The summed E-state index contributed by atoms with van der Waals surface area (Å²) < 4.78 is 63.4. The van der Waals surface area contributed by atoms with Gasteiger partial charge in [0.2, 0.25) is 0 Å². The quantitative estimate of drug-likeness (QED) is 0.754. The van der Waals surface area contributed by atoms with E-state index >= 15 is 0 Å². The largest absolute Gasteiger partial charge is 0.444 e. The highest BCUT2D eigenvalue weighted by atomic mass is 19.4. The number of aliphatic hydroxyl groups is 1. The Morgan fingerprint density at radius 1 is 1.37 bits per heavy atom. The van der Waals surface area contributed by atoms with Gasteiger partial charge in [0.15, 0.2) is 0 Å². The summed E-state index contributed by atoms with van der Waals surface area (Å²) in [5, 5.41) is 13.2. The zero-order chi connectivity index (χ0) is 20.7. The van der Waals surface area contributed by atoms with Crippen LogP contribution in [0, 0.1) is 5.82 Å². The Morgan fingerprint density at radius 2 is 2.00 bits per heavy atom. The molecular weight excluding hydrogens is 372 g/mol. The summed E-state index contributed by atoms with van der Waals surface area (Å²) >= 11 is 0. The molecule has 2 atom stereocenters. The van der Waals surface area contributed by atoms with Crippen LogP contribution in [0.25, 0.3) is 0 Å². The van der Waals surface area contributed by atoms with Crippen LogP contribution in [-0.2, 0) is 21.2 Å². The summed E-state index contributed by atoms with van der Waals surface area (Å²) in [6.45, 7) is 5.84. The molecule has 2 heterocycles. The first-order valence-corrected chi connectivity index (χ1v) is 8.22. The van der Waals surface area contributed by atoms with Gasteiger partial charge in [-0.1, -0.05) is 0 Å². The summed E-state index contributed by atoms with van der Waals surface area (Å²) in [4.78, 5) is 15.9. The van der Waals surface area contributed by atoms with E-state index in [4.69, 9.17) is 9.47 Å². The summed E-state index contributed by atoms with van der Waals surface area (Å²) in [7, 11) is 0. The number of amides is 1. The number of rotatable bonds is 2. The molecule has 1 fully saturated rings. The lowest BCUT2D eigenvalue weighted by atomic mass is 9.74. The molecule has 10 heteroatoms. The van der Waals surface area contributed by atoms with E-state index in [1.54, 1.807) is 20.8 Å². The van der Waals surface area contributed by atoms with E-state index < -0.39 is 46.1 Å².